The molecule has 5 heteroatoms. The number of carbonyl (C=O) groups is 2. The van der Waals surface area contributed by atoms with Gasteiger partial charge in [-0.2, -0.15) is 0 Å². The summed E-state index contributed by atoms with van der Waals surface area (Å²) in [6, 6.07) is 23.3. The smallest absolute Gasteiger partial charge is 0.239 e. The quantitative estimate of drug-likeness (QED) is 0.365. The van der Waals surface area contributed by atoms with Gasteiger partial charge in [-0.05, 0) is 40.5 Å². The van der Waals surface area contributed by atoms with Gasteiger partial charge in [-0.15, -0.1) is 0 Å². The van der Waals surface area contributed by atoms with Crippen molar-refractivity contribution in [3.05, 3.63) is 100 Å². The van der Waals surface area contributed by atoms with Gasteiger partial charge >= 0.3 is 0 Å². The van der Waals surface area contributed by atoms with Gasteiger partial charge in [0, 0.05) is 10.9 Å². The van der Waals surface area contributed by atoms with Crippen LogP contribution >= 0.6 is 27.5 Å². The number of nitrogens with zero attached hydrogens (tertiary/aromatic N) is 1. The minimum atomic E-state index is -0.723. The summed E-state index contributed by atoms with van der Waals surface area (Å²) >= 11 is 10.2. The summed E-state index contributed by atoms with van der Waals surface area (Å²) in [5.74, 6) is -1.39. The van der Waals surface area contributed by atoms with Crippen molar-refractivity contribution in [3.8, 4) is 0 Å². The molecule has 1 saturated heterocycles. The fourth-order valence-electron chi connectivity index (χ4n) is 5.55. The van der Waals surface area contributed by atoms with E-state index < -0.39 is 16.2 Å². The monoisotopic (exact) mass is 463 g/mol. The van der Waals surface area contributed by atoms with Crippen LogP contribution < -0.4 is 4.90 Å². The van der Waals surface area contributed by atoms with Gasteiger partial charge in [-0.25, -0.2) is 4.90 Å². The van der Waals surface area contributed by atoms with Gasteiger partial charge < -0.3 is 0 Å². The zero-order valence-electron chi connectivity index (χ0n) is 15.2. The first-order valence-electron chi connectivity index (χ1n) is 9.54. The second-order valence-electron chi connectivity index (χ2n) is 7.86. The molecule has 0 unspecified atom stereocenters. The summed E-state index contributed by atoms with van der Waals surface area (Å²) in [7, 11) is 0. The molecular weight excluding hydrogens is 450 g/mol. The zero-order chi connectivity index (χ0) is 19.9. The van der Waals surface area contributed by atoms with E-state index in [4.69, 9.17) is 11.6 Å². The maximum absolute atomic E-state index is 13.7. The molecule has 3 aliphatic carbocycles. The van der Waals surface area contributed by atoms with Gasteiger partial charge in [0.05, 0.1) is 21.8 Å². The first-order valence-corrected chi connectivity index (χ1v) is 10.7. The van der Waals surface area contributed by atoms with Crippen LogP contribution in [0, 0.1) is 11.8 Å². The fourth-order valence-corrected chi connectivity index (χ4v) is 6.94. The van der Waals surface area contributed by atoms with Crippen LogP contribution in [-0.2, 0) is 13.9 Å². The zero-order valence-corrected chi connectivity index (χ0v) is 17.5. The molecule has 0 N–H and O–H groups in total. The Bertz CT molecular complexity index is 1180. The lowest BCUT2D eigenvalue weighted by Gasteiger charge is -2.51. The highest BCUT2D eigenvalue weighted by Crippen LogP contribution is 2.66. The molecule has 2 bridgehead atoms. The maximum Gasteiger partial charge on any atom is 0.239 e. The number of rotatable bonds is 1. The van der Waals surface area contributed by atoms with Crippen molar-refractivity contribution in [3.63, 3.8) is 0 Å². The van der Waals surface area contributed by atoms with Gasteiger partial charge in [0.2, 0.25) is 11.8 Å². The van der Waals surface area contributed by atoms with E-state index in [9.17, 15) is 9.59 Å². The van der Waals surface area contributed by atoms with Crippen LogP contribution in [0.15, 0.2) is 72.8 Å². The predicted molar refractivity (Wildman–Crippen MR) is 115 cm³/mol. The Hall–Kier alpha value is -2.43. The van der Waals surface area contributed by atoms with E-state index in [1.807, 2.05) is 24.3 Å². The molecule has 1 heterocycles. The lowest BCUT2D eigenvalue weighted by molar-refractivity contribution is -0.122. The van der Waals surface area contributed by atoms with Crippen LogP contribution in [-0.4, -0.2) is 11.8 Å². The second kappa shape index (κ2) is 5.80. The summed E-state index contributed by atoms with van der Waals surface area (Å²) in [6.07, 6.45) is 0. The van der Waals surface area contributed by atoms with E-state index in [0.29, 0.717) is 10.7 Å². The molecule has 7 rings (SSSR count). The highest BCUT2D eigenvalue weighted by Gasteiger charge is 2.67. The van der Waals surface area contributed by atoms with E-state index >= 15 is 0 Å². The van der Waals surface area contributed by atoms with E-state index in [0.717, 1.165) is 22.3 Å². The minimum absolute atomic E-state index is 0.132. The molecule has 0 saturated carbocycles. The van der Waals surface area contributed by atoms with Crippen molar-refractivity contribution >= 4 is 45.0 Å². The summed E-state index contributed by atoms with van der Waals surface area (Å²) in [5.41, 5.74) is 4.94. The van der Waals surface area contributed by atoms with Gasteiger partial charge in [-0.3, -0.25) is 9.59 Å². The highest BCUT2D eigenvalue weighted by molar-refractivity contribution is 9.09. The molecule has 1 aliphatic heterocycles. The molecule has 0 radical (unpaired) electrons. The molecule has 4 aliphatic rings. The number of benzene rings is 3. The number of halogens is 2. The van der Waals surface area contributed by atoms with Crippen LogP contribution in [0.1, 0.15) is 28.2 Å². The number of hydrogen-bond acceptors (Lipinski definition) is 2. The third-order valence-electron chi connectivity index (χ3n) is 6.58. The van der Waals surface area contributed by atoms with Crippen LogP contribution in [0.5, 0.6) is 0 Å². The molecule has 142 valence electrons. The number of imide groups is 1. The van der Waals surface area contributed by atoms with Gasteiger partial charge in [0.15, 0.2) is 0 Å². The number of amides is 2. The number of carbonyl (C=O) groups excluding carboxylic acids is 2. The molecule has 3 nitrogen and oxygen atoms in total. The van der Waals surface area contributed by atoms with Gasteiger partial charge in [0.1, 0.15) is 0 Å². The highest BCUT2D eigenvalue weighted by atomic mass is 79.9. The van der Waals surface area contributed by atoms with Crippen molar-refractivity contribution in [2.45, 2.75) is 10.2 Å². The van der Waals surface area contributed by atoms with Gasteiger partial charge in [0.25, 0.3) is 0 Å². The maximum atomic E-state index is 13.7. The average Bonchev–Trinajstić information content (AvgIpc) is 3.00. The SMILES string of the molecule is O=C1[C@@H]2C3c4ccccc4C(Br)(c4ccccc43)[C@@H]2C(=O)N1c1cccc(Cl)c1. The molecule has 2 amide bonds. The molecule has 2 atom stereocenters. The first-order chi connectivity index (χ1) is 14.0. The van der Waals surface area contributed by atoms with Crippen molar-refractivity contribution < 1.29 is 9.59 Å². The molecule has 0 spiro atoms. The van der Waals surface area contributed by atoms with Crippen LogP contribution in [0.25, 0.3) is 0 Å². The van der Waals surface area contributed by atoms with Crippen molar-refractivity contribution in [1.82, 2.24) is 0 Å². The van der Waals surface area contributed by atoms with E-state index in [2.05, 4.69) is 40.2 Å². The second-order valence-corrected chi connectivity index (χ2v) is 9.55. The van der Waals surface area contributed by atoms with E-state index in [-0.39, 0.29) is 17.7 Å². The normalized spacial score (nSPS) is 28.9. The average molecular weight is 465 g/mol. The molecular formula is C24H15BrClNO2. The van der Waals surface area contributed by atoms with Crippen molar-refractivity contribution in [2.75, 3.05) is 4.90 Å². The lowest BCUT2D eigenvalue weighted by Crippen LogP contribution is -2.50. The van der Waals surface area contributed by atoms with E-state index in [1.165, 1.54) is 4.90 Å². The Balaban J connectivity index is 1.63. The molecule has 1 fully saturated rings. The number of alkyl halides is 1. The molecule has 3 aromatic carbocycles. The minimum Gasteiger partial charge on any atom is -0.274 e. The summed E-state index contributed by atoms with van der Waals surface area (Å²) in [5, 5.41) is 0.501. The largest absolute Gasteiger partial charge is 0.274 e. The first kappa shape index (κ1) is 17.4. The number of anilines is 1. The Morgan fingerprint density at radius 3 is 2.07 bits per heavy atom. The van der Waals surface area contributed by atoms with Crippen molar-refractivity contribution in [2.24, 2.45) is 11.8 Å². The predicted octanol–water partition coefficient (Wildman–Crippen LogP) is 5.24. The summed E-state index contributed by atoms with van der Waals surface area (Å²) < 4.78 is -0.723. The lowest BCUT2D eigenvalue weighted by atomic mass is 9.55. The third-order valence-corrected chi connectivity index (χ3v) is 8.16. The van der Waals surface area contributed by atoms with Crippen molar-refractivity contribution in [1.29, 1.82) is 0 Å². The number of hydrogen-bond donors (Lipinski definition) is 0. The van der Waals surface area contributed by atoms with Gasteiger partial charge in [-0.1, -0.05) is 82.1 Å². The Morgan fingerprint density at radius 2 is 1.45 bits per heavy atom. The molecule has 3 aromatic rings. The molecule has 0 aromatic heterocycles. The summed E-state index contributed by atoms with van der Waals surface area (Å²) in [4.78, 5) is 28.7. The summed E-state index contributed by atoms with van der Waals surface area (Å²) in [6.45, 7) is 0. The third kappa shape index (κ3) is 2.03. The van der Waals surface area contributed by atoms with Crippen LogP contribution in [0.3, 0.4) is 0 Å². The topological polar surface area (TPSA) is 37.4 Å². The molecule has 29 heavy (non-hydrogen) atoms. The van der Waals surface area contributed by atoms with Crippen LogP contribution in [0.4, 0.5) is 5.69 Å². The standard InChI is InChI=1S/C24H15BrClNO2/c25-24-17-10-3-1-8-15(17)19(16-9-2-4-11-18(16)24)20-21(24)23(29)27(22(20)28)14-7-5-6-13(26)12-14/h1-12,19-21H/t19?,20-,21+,24?/m1/s1. The van der Waals surface area contributed by atoms with E-state index in [1.54, 1.807) is 24.3 Å². The fraction of sp³-hybridized carbons (Fsp3) is 0.167. The Labute approximate surface area is 181 Å². The Morgan fingerprint density at radius 1 is 0.828 bits per heavy atom. The van der Waals surface area contributed by atoms with Crippen LogP contribution in [0.2, 0.25) is 5.02 Å². The Kier molecular flexibility index (Phi) is 3.49.